The molecule has 0 bridgehead atoms. The number of aliphatic carboxylic acids is 1. The highest BCUT2D eigenvalue weighted by Gasteiger charge is 2.44. The molecule has 1 aliphatic rings. The maximum absolute atomic E-state index is 13.8. The fourth-order valence-electron chi connectivity index (χ4n) is 6.04. The van der Waals surface area contributed by atoms with Crippen molar-refractivity contribution in [2.75, 3.05) is 28.3 Å². The van der Waals surface area contributed by atoms with Crippen molar-refractivity contribution in [2.45, 2.75) is 96.2 Å². The molecule has 220 valence electrons. The van der Waals surface area contributed by atoms with Crippen molar-refractivity contribution < 1.29 is 29.0 Å². The number of carbonyl (C=O) groups is 3. The lowest BCUT2D eigenvalue weighted by molar-refractivity contribution is -0.146. The Bertz CT molecular complexity index is 927. The summed E-state index contributed by atoms with van der Waals surface area (Å²) in [5.74, 6) is -1.84. The smallest absolute Gasteiger partial charge is 0.326 e. The first-order valence-corrected chi connectivity index (χ1v) is 14.1. The summed E-state index contributed by atoms with van der Waals surface area (Å²) in [5, 5.41) is 12.5. The zero-order valence-corrected chi connectivity index (χ0v) is 24.9. The van der Waals surface area contributed by atoms with E-state index in [-0.39, 0.29) is 43.0 Å². The molecule has 1 heterocycles. The van der Waals surface area contributed by atoms with Gasteiger partial charge in [0.05, 0.1) is 30.6 Å². The number of hydrogen-bond acceptors (Lipinski definition) is 6. The van der Waals surface area contributed by atoms with Gasteiger partial charge in [-0.15, -0.1) is 0 Å². The predicted octanol–water partition coefficient (Wildman–Crippen LogP) is 3.21. The van der Waals surface area contributed by atoms with Crippen molar-refractivity contribution in [1.29, 1.82) is 0 Å². The van der Waals surface area contributed by atoms with E-state index in [1.807, 2.05) is 56.3 Å². The number of methoxy groups -OCH3 is 2. The van der Waals surface area contributed by atoms with Gasteiger partial charge in [-0.3, -0.25) is 9.59 Å². The van der Waals surface area contributed by atoms with Crippen molar-refractivity contribution in [3.63, 3.8) is 0 Å². The summed E-state index contributed by atoms with van der Waals surface area (Å²) < 4.78 is 11.7. The molecule has 9 heteroatoms. The highest BCUT2D eigenvalue weighted by Crippen LogP contribution is 2.32. The Morgan fingerprint density at radius 3 is 2.26 bits per heavy atom. The summed E-state index contributed by atoms with van der Waals surface area (Å²) >= 11 is 0. The lowest BCUT2D eigenvalue weighted by atomic mass is 9.90. The number of hydrogen-bond donors (Lipinski definition) is 2. The minimum absolute atomic E-state index is 0.000768. The second-order valence-electron chi connectivity index (χ2n) is 11.2. The Morgan fingerprint density at radius 1 is 1.10 bits per heavy atom. The van der Waals surface area contributed by atoms with Crippen LogP contribution in [-0.2, 0) is 30.3 Å². The van der Waals surface area contributed by atoms with Crippen molar-refractivity contribution in [3.05, 3.63) is 35.9 Å². The molecule has 1 unspecified atom stereocenters. The van der Waals surface area contributed by atoms with E-state index in [4.69, 9.17) is 9.47 Å². The molecule has 1 aromatic carbocycles. The van der Waals surface area contributed by atoms with Gasteiger partial charge in [0.1, 0.15) is 6.04 Å². The molecular formula is C30H49N3O6. The van der Waals surface area contributed by atoms with Crippen LogP contribution in [0.4, 0.5) is 0 Å². The van der Waals surface area contributed by atoms with Gasteiger partial charge in [0.15, 0.2) is 0 Å². The molecule has 0 aromatic heterocycles. The van der Waals surface area contributed by atoms with Gasteiger partial charge in [0, 0.05) is 32.7 Å². The number of likely N-dealkylation sites (tertiary alicyclic amines) is 1. The van der Waals surface area contributed by atoms with E-state index in [0.717, 1.165) is 18.4 Å². The van der Waals surface area contributed by atoms with Crippen LogP contribution in [0.5, 0.6) is 0 Å². The summed E-state index contributed by atoms with van der Waals surface area (Å²) in [5.41, 5.74) is 0.823. The molecule has 0 saturated carbocycles. The average molecular weight is 548 g/mol. The Hall–Kier alpha value is -2.49. The van der Waals surface area contributed by atoms with E-state index in [1.165, 1.54) is 0 Å². The number of carboxylic acids is 1. The fraction of sp³-hybridized carbons (Fsp3) is 0.700. The molecule has 1 fully saturated rings. The van der Waals surface area contributed by atoms with Crippen LogP contribution in [0.15, 0.2) is 30.3 Å². The fourth-order valence-corrected chi connectivity index (χ4v) is 6.04. The quantitative estimate of drug-likeness (QED) is 0.347. The first kappa shape index (κ1) is 32.7. The highest BCUT2D eigenvalue weighted by molar-refractivity contribution is 5.85. The molecule has 2 N–H and O–H groups in total. The van der Waals surface area contributed by atoms with Gasteiger partial charge in [-0.2, -0.15) is 0 Å². The highest BCUT2D eigenvalue weighted by atomic mass is 16.5. The molecular weight excluding hydrogens is 498 g/mol. The zero-order chi connectivity index (χ0) is 29.3. The molecule has 8 atom stereocenters. The van der Waals surface area contributed by atoms with Gasteiger partial charge in [0.25, 0.3) is 0 Å². The van der Waals surface area contributed by atoms with E-state index in [9.17, 15) is 19.5 Å². The van der Waals surface area contributed by atoms with Crippen LogP contribution in [0.2, 0.25) is 0 Å². The normalized spacial score (nSPS) is 22.1. The molecule has 0 spiro atoms. The molecule has 39 heavy (non-hydrogen) atoms. The monoisotopic (exact) mass is 547 g/mol. The van der Waals surface area contributed by atoms with E-state index < -0.39 is 29.9 Å². The standard InChI is InChI=1S/C30H49N3O6/c1-9-19(2)27(32(5)6)25(38-7)18-26(34)33-20(3)15-16-24(33)28(39-8)21(4)29(35)31-23(30(36)37)17-22-13-11-10-12-14-22/h10-14,19-21,23-25,27-28H,9,15-18H2,1-8H3,(H,31,35)(H,36,37)/t19-,20-,21+,23-,24-,25?,27-,28+/m0/s1. The molecule has 0 aliphatic carbocycles. The molecule has 1 aliphatic heterocycles. The van der Waals surface area contributed by atoms with Gasteiger partial charge >= 0.3 is 5.97 Å². The molecule has 1 saturated heterocycles. The van der Waals surface area contributed by atoms with Gasteiger partial charge < -0.3 is 29.7 Å². The van der Waals surface area contributed by atoms with Gasteiger partial charge in [-0.25, -0.2) is 4.79 Å². The second-order valence-corrected chi connectivity index (χ2v) is 11.2. The zero-order valence-electron chi connectivity index (χ0n) is 24.9. The van der Waals surface area contributed by atoms with Crippen LogP contribution in [0.1, 0.15) is 58.9 Å². The lowest BCUT2D eigenvalue weighted by Crippen LogP contribution is -2.54. The van der Waals surface area contributed by atoms with E-state index in [0.29, 0.717) is 12.3 Å². The van der Waals surface area contributed by atoms with Gasteiger partial charge in [-0.05, 0) is 45.3 Å². The van der Waals surface area contributed by atoms with E-state index >= 15 is 0 Å². The molecule has 2 amide bonds. The minimum atomic E-state index is -1.10. The Balaban J connectivity index is 2.18. The van der Waals surface area contributed by atoms with E-state index in [2.05, 4.69) is 24.1 Å². The Morgan fingerprint density at radius 2 is 1.74 bits per heavy atom. The third-order valence-corrected chi connectivity index (χ3v) is 8.34. The van der Waals surface area contributed by atoms with Crippen LogP contribution in [0.3, 0.4) is 0 Å². The van der Waals surface area contributed by atoms with Crippen LogP contribution in [-0.4, -0.2) is 97.4 Å². The summed E-state index contributed by atoms with van der Waals surface area (Å²) in [6, 6.07) is 7.93. The third kappa shape index (κ3) is 8.50. The molecule has 9 nitrogen and oxygen atoms in total. The largest absolute Gasteiger partial charge is 0.480 e. The number of rotatable bonds is 15. The number of benzene rings is 1. The minimum Gasteiger partial charge on any atom is -0.480 e. The molecule has 0 radical (unpaired) electrons. The maximum Gasteiger partial charge on any atom is 0.326 e. The molecule has 2 rings (SSSR count). The van der Waals surface area contributed by atoms with Crippen LogP contribution < -0.4 is 5.32 Å². The van der Waals surface area contributed by atoms with Gasteiger partial charge in [-0.1, -0.05) is 57.5 Å². The Kier molecular flexibility index (Phi) is 12.9. The Labute approximate surface area is 234 Å². The maximum atomic E-state index is 13.8. The SMILES string of the molecule is CC[C@H](C)[C@@H](C(CC(=O)N1[C@@H](C)CC[C@H]1[C@H](OC)[C@@H](C)C(=O)N[C@@H](Cc1ccccc1)C(=O)O)OC)N(C)C. The average Bonchev–Trinajstić information content (AvgIpc) is 3.29. The number of likely N-dealkylation sites (N-methyl/N-ethyl adjacent to an activating group) is 1. The van der Waals surface area contributed by atoms with E-state index in [1.54, 1.807) is 21.1 Å². The van der Waals surface area contributed by atoms with Crippen molar-refractivity contribution in [1.82, 2.24) is 15.1 Å². The number of nitrogens with zero attached hydrogens (tertiary/aromatic N) is 2. The predicted molar refractivity (Wildman–Crippen MR) is 151 cm³/mol. The van der Waals surface area contributed by atoms with Crippen molar-refractivity contribution in [2.24, 2.45) is 11.8 Å². The second kappa shape index (κ2) is 15.3. The molecule has 1 aromatic rings. The summed E-state index contributed by atoms with van der Waals surface area (Å²) in [6.07, 6.45) is 2.04. The number of carbonyl (C=O) groups excluding carboxylic acids is 2. The number of ether oxygens (including phenoxy) is 2. The summed E-state index contributed by atoms with van der Waals surface area (Å²) in [4.78, 5) is 42.9. The van der Waals surface area contributed by atoms with Crippen LogP contribution in [0.25, 0.3) is 0 Å². The lowest BCUT2D eigenvalue weighted by Gasteiger charge is -2.39. The number of nitrogens with one attached hydrogen (secondary N) is 1. The van der Waals surface area contributed by atoms with Crippen LogP contribution >= 0.6 is 0 Å². The third-order valence-electron chi connectivity index (χ3n) is 8.34. The topological polar surface area (TPSA) is 108 Å². The number of amides is 2. The number of carboxylic acid groups (broad SMARTS) is 1. The summed E-state index contributed by atoms with van der Waals surface area (Å²) in [7, 11) is 7.22. The van der Waals surface area contributed by atoms with Crippen molar-refractivity contribution in [3.8, 4) is 0 Å². The van der Waals surface area contributed by atoms with Gasteiger partial charge in [0.2, 0.25) is 11.8 Å². The summed E-state index contributed by atoms with van der Waals surface area (Å²) in [6.45, 7) is 8.07. The van der Waals surface area contributed by atoms with Crippen molar-refractivity contribution >= 4 is 17.8 Å². The van der Waals surface area contributed by atoms with Crippen LogP contribution in [0, 0.1) is 11.8 Å². The first-order chi connectivity index (χ1) is 18.5. The first-order valence-electron chi connectivity index (χ1n) is 14.1.